The number of carboxylic acid groups (broad SMARTS) is 1. The number of halogens is 6. The van der Waals surface area contributed by atoms with E-state index in [1.165, 1.54) is 34.0 Å². The molecule has 6 amide bonds. The van der Waals surface area contributed by atoms with Crippen LogP contribution in [-0.2, 0) is 40.0 Å². The first-order chi connectivity index (χ1) is 37.9. The third-order valence-corrected chi connectivity index (χ3v) is 16.3. The molecule has 0 radical (unpaired) electrons. The molecule has 2 aliphatic heterocycles. The Kier molecular flexibility index (Phi) is 28.5. The van der Waals surface area contributed by atoms with Crippen molar-refractivity contribution in [3.63, 3.8) is 0 Å². The summed E-state index contributed by atoms with van der Waals surface area (Å²) in [5.74, 6) is -1.36. The topological polar surface area (TPSA) is 260 Å². The summed E-state index contributed by atoms with van der Waals surface area (Å²) in [6.45, 7) is 44.2. The molecule has 5 rings (SSSR count). The fraction of sp³-hybridized carbons (Fsp3) is 0.643. The molecule has 484 valence electrons. The van der Waals surface area contributed by atoms with Crippen LogP contribution < -0.4 is 31.9 Å². The van der Waals surface area contributed by atoms with Crippen molar-refractivity contribution >= 4 is 167 Å². The van der Waals surface area contributed by atoms with Gasteiger partial charge in [-0.3, -0.25) is 35.1 Å². The number of hydrogen-bond donors (Lipinski definition) is 7. The number of amides is 6. The number of nitrogens with one attached hydrogen (secondary N) is 6. The third kappa shape index (κ3) is 28.7. The summed E-state index contributed by atoms with van der Waals surface area (Å²) in [5.41, 5.74) is -2.84. The summed E-state index contributed by atoms with van der Waals surface area (Å²) in [6.07, 6.45) is -0.515. The average Bonchev–Trinajstić information content (AvgIpc) is 3.07. The third-order valence-electron chi connectivity index (χ3n) is 11.7. The first-order valence-electron chi connectivity index (χ1n) is 27.0. The van der Waals surface area contributed by atoms with Crippen LogP contribution in [0.15, 0.2) is 18.2 Å². The molecule has 3 aromatic heterocycles. The van der Waals surface area contributed by atoms with Gasteiger partial charge in [0.1, 0.15) is 37.3 Å². The molecule has 0 saturated carbocycles. The number of hydrogen-bond acceptors (Lipinski definition) is 15. The minimum absolute atomic E-state index is 0.0887. The Balaban J connectivity index is 0.000000573. The van der Waals surface area contributed by atoms with Gasteiger partial charge in [0.2, 0.25) is 11.8 Å². The number of piperazine rings is 2. The van der Waals surface area contributed by atoms with E-state index < -0.39 is 55.2 Å². The van der Waals surface area contributed by atoms with Gasteiger partial charge >= 0.3 is 83.8 Å². The molecular formula is C56H88Cl6N7O12PS3. The Morgan fingerprint density at radius 2 is 0.894 bits per heavy atom. The Bertz CT molecular complexity index is 2750. The van der Waals surface area contributed by atoms with Crippen LogP contribution >= 0.6 is 105 Å². The summed E-state index contributed by atoms with van der Waals surface area (Å²) in [7, 11) is 0. The van der Waals surface area contributed by atoms with Crippen molar-refractivity contribution in [2.24, 2.45) is 0 Å². The summed E-state index contributed by atoms with van der Waals surface area (Å²) >= 11 is 34.4. The van der Waals surface area contributed by atoms with Crippen LogP contribution in [-0.4, -0.2) is 111 Å². The number of aromatic carboxylic acids is 1. The van der Waals surface area contributed by atoms with Crippen LogP contribution in [0.2, 0.25) is 0 Å². The van der Waals surface area contributed by atoms with E-state index in [1.807, 2.05) is 68.4 Å². The summed E-state index contributed by atoms with van der Waals surface area (Å²) < 4.78 is 12.0. The molecule has 85 heavy (non-hydrogen) atoms. The van der Waals surface area contributed by atoms with Gasteiger partial charge in [-0.1, -0.05) is 76.2 Å². The SMILES string of the molecule is CC(C)(C)OC(=O)Nc1sc(C(C)(C)C)cc1C(=O)Cl.CC(C)(C)OC(=O)Nc1sc(C(C)(C)C)cc1C(=O)O.CCC1(C)C(=O)NCCN1C(=O)c1cc(C(C)(C)C)sc1NC(=O)OC(C)(C)C.CCC1(C)NCCNC1=O.ClP(Cl)(Cl)(Cl)Cl. The molecule has 0 bridgehead atoms. The van der Waals surface area contributed by atoms with E-state index in [-0.39, 0.29) is 45.1 Å². The van der Waals surface area contributed by atoms with Crippen molar-refractivity contribution in [1.29, 1.82) is 0 Å². The Morgan fingerprint density at radius 3 is 1.19 bits per heavy atom. The summed E-state index contributed by atoms with van der Waals surface area (Å²) in [5, 5.41) is 26.5. The van der Waals surface area contributed by atoms with Gasteiger partial charge in [-0.25, -0.2) is 19.2 Å². The van der Waals surface area contributed by atoms with Crippen LogP contribution in [0.4, 0.5) is 29.4 Å². The van der Waals surface area contributed by atoms with Gasteiger partial charge in [0.05, 0.1) is 22.2 Å². The van der Waals surface area contributed by atoms with Crippen molar-refractivity contribution < 1.29 is 57.7 Å². The van der Waals surface area contributed by atoms with E-state index in [4.69, 9.17) is 82.0 Å². The number of carbonyl (C=O) groups is 8. The molecule has 2 aliphatic rings. The molecule has 7 N–H and O–H groups in total. The summed E-state index contributed by atoms with van der Waals surface area (Å²) in [4.78, 5) is 100. The molecule has 2 saturated heterocycles. The maximum atomic E-state index is 13.5. The van der Waals surface area contributed by atoms with Crippen LogP contribution in [0, 0.1) is 0 Å². The van der Waals surface area contributed by atoms with E-state index in [9.17, 15) is 43.5 Å². The normalized spacial score (nSPS) is 17.9. The first-order valence-corrected chi connectivity index (χ1v) is 36.6. The number of thiophene rings is 3. The number of ether oxygens (including phenoxy) is 3. The molecule has 2 atom stereocenters. The van der Waals surface area contributed by atoms with Gasteiger partial charge in [0.25, 0.3) is 11.1 Å². The number of carboxylic acids is 1. The van der Waals surface area contributed by atoms with Gasteiger partial charge in [-0.15, -0.1) is 34.0 Å². The second kappa shape index (κ2) is 30.4. The van der Waals surface area contributed by atoms with Gasteiger partial charge in [-0.2, -0.15) is 0 Å². The zero-order chi connectivity index (χ0) is 66.7. The molecule has 2 fully saturated rings. The van der Waals surface area contributed by atoms with E-state index in [0.717, 1.165) is 34.1 Å². The van der Waals surface area contributed by atoms with Crippen molar-refractivity contribution in [3.8, 4) is 0 Å². The van der Waals surface area contributed by atoms with E-state index in [0.29, 0.717) is 45.6 Å². The molecule has 19 nitrogen and oxygen atoms in total. The Morgan fingerprint density at radius 1 is 0.565 bits per heavy atom. The molecular weight excluding hydrogens is 1300 g/mol. The number of carbonyl (C=O) groups excluding carboxylic acids is 7. The summed E-state index contributed by atoms with van der Waals surface area (Å²) in [6, 6.07) is 5.13. The van der Waals surface area contributed by atoms with Crippen LogP contribution in [0.25, 0.3) is 0 Å². The van der Waals surface area contributed by atoms with Crippen LogP contribution in [0.1, 0.15) is 211 Å². The fourth-order valence-corrected chi connectivity index (χ4v) is 10.4. The molecule has 3 aromatic rings. The molecule has 0 spiro atoms. The van der Waals surface area contributed by atoms with Crippen molar-refractivity contribution in [3.05, 3.63) is 49.5 Å². The van der Waals surface area contributed by atoms with Crippen LogP contribution in [0.3, 0.4) is 0 Å². The van der Waals surface area contributed by atoms with Crippen molar-refractivity contribution in [2.45, 2.75) is 209 Å². The average molecular weight is 1390 g/mol. The van der Waals surface area contributed by atoms with Gasteiger partial charge in [0, 0.05) is 40.8 Å². The number of rotatable bonds is 8. The standard InChI is InChI=1S/C21H33N3O4S.C14H20ClNO3S.C14H21NO4S.C7H14N2O.Cl5P/c1-9-21(8)17(26)22-10-11-24(21)16(25)13-12-14(19(2,3)4)29-15(13)23-18(27)28-20(5,6)7;1-13(2,3)9-7-8(10(15)17)11(20-9)16-12(18)19-14(4,5)6;1-13(2,3)9-7-8(11(16)17)10(20-9)15-12(18)19-14(4,5)6;1-3-7(2)6(10)8-4-5-9-7;1-6(2,3,4)5/h12H,9-11H2,1-8H3,(H,22,26)(H,23,27);7H,1-6H3,(H,16,18);7H,1-6H3,(H,15,18)(H,16,17);9H,3-5H2,1-2H3,(H,8,10);. The number of anilines is 3. The number of nitrogens with zero attached hydrogens (tertiary/aromatic N) is 1. The van der Waals surface area contributed by atoms with Crippen molar-refractivity contribution in [1.82, 2.24) is 20.9 Å². The van der Waals surface area contributed by atoms with E-state index in [2.05, 4.69) is 52.7 Å². The molecule has 5 heterocycles. The van der Waals surface area contributed by atoms with Gasteiger partial charge < -0.3 is 40.2 Å². The molecule has 2 unspecified atom stereocenters. The molecule has 0 aromatic carbocycles. The van der Waals surface area contributed by atoms with E-state index in [1.54, 1.807) is 86.3 Å². The monoisotopic (exact) mass is 1390 g/mol. The molecule has 0 aliphatic carbocycles. The zero-order valence-electron chi connectivity index (χ0n) is 52.8. The maximum absolute atomic E-state index is 13.5. The predicted octanol–water partition coefficient (Wildman–Crippen LogP) is 17.2. The minimum atomic E-state index is -3.69. The zero-order valence-corrected chi connectivity index (χ0v) is 60.7. The van der Waals surface area contributed by atoms with E-state index >= 15 is 0 Å². The Labute approximate surface area is 542 Å². The quantitative estimate of drug-likeness (QED) is 0.0630. The van der Waals surface area contributed by atoms with Gasteiger partial charge in [-0.05, 0) is 135 Å². The first kappa shape index (κ1) is 79.6. The fourth-order valence-electron chi connectivity index (χ4n) is 6.95. The second-order valence-corrected chi connectivity index (χ2v) is 46.2. The van der Waals surface area contributed by atoms with Crippen molar-refractivity contribution in [2.75, 3.05) is 42.1 Å². The Hall–Kier alpha value is -3.41. The predicted molar refractivity (Wildman–Crippen MR) is 354 cm³/mol. The van der Waals surface area contributed by atoms with Crippen LogP contribution in [0.5, 0.6) is 0 Å². The van der Waals surface area contributed by atoms with Gasteiger partial charge in [0.15, 0.2) is 0 Å². The second-order valence-electron chi connectivity index (χ2n) is 26.1. The molecule has 29 heteroatoms.